The van der Waals surface area contributed by atoms with Crippen molar-refractivity contribution in [2.45, 2.75) is 85.5 Å². The average molecular weight is 328 g/mol. The lowest BCUT2D eigenvalue weighted by molar-refractivity contribution is -0.151. The largest absolute Gasteiger partial charge is 0.465 e. The van der Waals surface area contributed by atoms with Gasteiger partial charge in [0.25, 0.3) is 0 Å². The van der Waals surface area contributed by atoms with E-state index in [4.69, 9.17) is 9.47 Å². The number of ether oxygens (including phenoxy) is 2. The van der Waals surface area contributed by atoms with Crippen molar-refractivity contribution in [2.75, 3.05) is 13.2 Å². The van der Waals surface area contributed by atoms with Crippen LogP contribution in [0.4, 0.5) is 0 Å². The Bertz CT molecular complexity index is 284. The molecule has 0 spiro atoms. The molecule has 0 aliphatic heterocycles. The highest BCUT2D eigenvalue weighted by molar-refractivity contribution is 5.72. The molecule has 0 aromatic rings. The van der Waals surface area contributed by atoms with Crippen LogP contribution < -0.4 is 0 Å². The zero-order valence-corrected chi connectivity index (χ0v) is 15.6. The molecule has 23 heavy (non-hydrogen) atoms. The minimum absolute atomic E-state index is 0.0102. The van der Waals surface area contributed by atoms with Crippen molar-refractivity contribution in [1.82, 2.24) is 0 Å². The van der Waals surface area contributed by atoms with Crippen LogP contribution in [-0.2, 0) is 19.1 Å². The third-order valence-electron chi connectivity index (χ3n) is 4.24. The van der Waals surface area contributed by atoms with E-state index in [1.807, 2.05) is 13.8 Å². The zero-order valence-electron chi connectivity index (χ0n) is 15.6. The number of hydrogen-bond donors (Lipinski definition) is 0. The Kier molecular flexibility index (Phi) is 13.9. The van der Waals surface area contributed by atoms with Crippen molar-refractivity contribution in [3.05, 3.63) is 0 Å². The monoisotopic (exact) mass is 328 g/mol. The Morgan fingerprint density at radius 2 is 1.09 bits per heavy atom. The Morgan fingerprint density at radius 1 is 0.696 bits per heavy atom. The van der Waals surface area contributed by atoms with Crippen LogP contribution in [0, 0.1) is 11.8 Å². The highest BCUT2D eigenvalue weighted by Gasteiger charge is 2.18. The molecule has 0 rings (SSSR count). The number of carbonyl (C=O) groups excluding carboxylic acids is 2. The highest BCUT2D eigenvalue weighted by atomic mass is 16.5. The molecule has 0 heterocycles. The lowest BCUT2D eigenvalue weighted by atomic mass is 10.00. The summed E-state index contributed by atoms with van der Waals surface area (Å²) in [5.74, 6) is -0.199. The van der Waals surface area contributed by atoms with Crippen LogP contribution in [0.2, 0.25) is 0 Å². The van der Waals surface area contributed by atoms with Crippen molar-refractivity contribution in [2.24, 2.45) is 11.8 Å². The van der Waals surface area contributed by atoms with Crippen molar-refractivity contribution in [1.29, 1.82) is 0 Å². The molecule has 4 heteroatoms. The fourth-order valence-electron chi connectivity index (χ4n) is 2.52. The number of esters is 2. The van der Waals surface area contributed by atoms with E-state index in [-0.39, 0.29) is 23.8 Å². The number of rotatable bonds is 14. The second-order valence-corrected chi connectivity index (χ2v) is 6.18. The molecular formula is C19H36O4. The molecule has 0 aliphatic carbocycles. The predicted molar refractivity (Wildman–Crippen MR) is 93.1 cm³/mol. The maximum absolute atomic E-state index is 11.9. The van der Waals surface area contributed by atoms with Crippen molar-refractivity contribution < 1.29 is 19.1 Å². The molecule has 0 aromatic carbocycles. The van der Waals surface area contributed by atoms with E-state index in [0.29, 0.717) is 19.6 Å². The van der Waals surface area contributed by atoms with Crippen molar-refractivity contribution >= 4 is 11.9 Å². The molecule has 0 aromatic heterocycles. The summed E-state index contributed by atoms with van der Waals surface area (Å²) in [6, 6.07) is 0. The van der Waals surface area contributed by atoms with Crippen LogP contribution in [0.1, 0.15) is 85.5 Å². The summed E-state index contributed by atoms with van der Waals surface area (Å²) in [7, 11) is 0. The summed E-state index contributed by atoms with van der Waals surface area (Å²) in [6.07, 6.45) is 8.32. The quantitative estimate of drug-likeness (QED) is 0.336. The van der Waals surface area contributed by atoms with Gasteiger partial charge in [-0.25, -0.2) is 0 Å². The average Bonchev–Trinajstić information content (AvgIpc) is 2.55. The van der Waals surface area contributed by atoms with Gasteiger partial charge >= 0.3 is 11.9 Å². The van der Waals surface area contributed by atoms with E-state index in [1.165, 1.54) is 0 Å². The normalized spacial score (nSPS) is 13.4. The van der Waals surface area contributed by atoms with Crippen LogP contribution >= 0.6 is 0 Å². The lowest BCUT2D eigenvalue weighted by Crippen LogP contribution is -2.20. The minimum Gasteiger partial charge on any atom is -0.465 e. The summed E-state index contributed by atoms with van der Waals surface area (Å²) in [6.45, 7) is 8.95. The molecular weight excluding hydrogens is 292 g/mol. The first-order valence-corrected chi connectivity index (χ1v) is 9.43. The summed E-state index contributed by atoms with van der Waals surface area (Å²) in [4.78, 5) is 23.8. The van der Waals surface area contributed by atoms with Crippen LogP contribution in [0.15, 0.2) is 0 Å². The molecule has 136 valence electrons. The molecule has 0 bridgehead atoms. The van der Waals surface area contributed by atoms with E-state index in [1.54, 1.807) is 0 Å². The van der Waals surface area contributed by atoms with E-state index in [2.05, 4.69) is 13.8 Å². The highest BCUT2D eigenvalue weighted by Crippen LogP contribution is 2.15. The van der Waals surface area contributed by atoms with E-state index < -0.39 is 0 Å². The minimum atomic E-state index is -0.110. The fraction of sp³-hybridized carbons (Fsp3) is 0.895. The Labute approximate surface area is 142 Å². The van der Waals surface area contributed by atoms with Gasteiger partial charge in [-0.05, 0) is 25.7 Å². The molecule has 0 N–H and O–H groups in total. The molecule has 2 atom stereocenters. The fourth-order valence-corrected chi connectivity index (χ4v) is 2.52. The molecule has 0 radical (unpaired) electrons. The van der Waals surface area contributed by atoms with Crippen LogP contribution in [0.25, 0.3) is 0 Å². The van der Waals surface area contributed by atoms with Crippen LogP contribution in [0.3, 0.4) is 0 Å². The Hall–Kier alpha value is -1.06. The van der Waals surface area contributed by atoms with Gasteiger partial charge < -0.3 is 9.47 Å². The first kappa shape index (κ1) is 21.9. The van der Waals surface area contributed by atoms with E-state index in [9.17, 15) is 9.59 Å². The second kappa shape index (κ2) is 14.5. The number of hydrogen-bond acceptors (Lipinski definition) is 4. The first-order chi connectivity index (χ1) is 11.1. The molecule has 0 unspecified atom stereocenters. The smallest absolute Gasteiger partial charge is 0.308 e. The van der Waals surface area contributed by atoms with Gasteiger partial charge in [0.2, 0.25) is 0 Å². The van der Waals surface area contributed by atoms with Gasteiger partial charge in [-0.3, -0.25) is 9.59 Å². The number of carbonyl (C=O) groups is 2. The Balaban J connectivity index is 3.85. The maximum atomic E-state index is 11.9. The summed E-state index contributed by atoms with van der Waals surface area (Å²) >= 11 is 0. The third-order valence-corrected chi connectivity index (χ3v) is 4.24. The van der Waals surface area contributed by atoms with Gasteiger partial charge in [-0.1, -0.05) is 53.4 Å². The van der Waals surface area contributed by atoms with E-state index in [0.717, 1.165) is 51.4 Å². The summed E-state index contributed by atoms with van der Waals surface area (Å²) in [5.41, 5.74) is 0. The summed E-state index contributed by atoms with van der Waals surface area (Å²) < 4.78 is 10.6. The van der Waals surface area contributed by atoms with Crippen molar-refractivity contribution in [3.63, 3.8) is 0 Å². The predicted octanol–water partition coefficient (Wildman–Crippen LogP) is 4.90. The van der Waals surface area contributed by atoms with Gasteiger partial charge in [0.05, 0.1) is 25.0 Å². The third kappa shape index (κ3) is 10.4. The number of unbranched alkanes of at least 4 members (excludes halogenated alkanes) is 2. The van der Waals surface area contributed by atoms with Gasteiger partial charge in [-0.15, -0.1) is 0 Å². The van der Waals surface area contributed by atoms with Gasteiger partial charge in [0.1, 0.15) is 0 Å². The molecule has 0 saturated carbocycles. The van der Waals surface area contributed by atoms with Gasteiger partial charge in [-0.2, -0.15) is 0 Å². The first-order valence-electron chi connectivity index (χ1n) is 9.43. The second-order valence-electron chi connectivity index (χ2n) is 6.18. The lowest BCUT2D eigenvalue weighted by Gasteiger charge is -2.15. The van der Waals surface area contributed by atoms with Gasteiger partial charge in [0.15, 0.2) is 0 Å². The molecule has 0 fully saturated rings. The van der Waals surface area contributed by atoms with Crippen LogP contribution in [0.5, 0.6) is 0 Å². The topological polar surface area (TPSA) is 52.6 Å². The molecule has 4 nitrogen and oxygen atoms in total. The maximum Gasteiger partial charge on any atom is 0.308 e. The summed E-state index contributed by atoms with van der Waals surface area (Å²) in [5, 5.41) is 0. The molecule has 0 amide bonds. The van der Waals surface area contributed by atoms with Gasteiger partial charge in [0, 0.05) is 6.42 Å². The standard InChI is InChI=1S/C19H36O4/c1-5-9-12-16(7-3)18(20)22-14-11-15-23-19(21)17(8-4)13-10-6-2/h16-17H,5-15H2,1-4H3/t16-,17-/m1/s1. The van der Waals surface area contributed by atoms with Crippen molar-refractivity contribution in [3.8, 4) is 0 Å². The molecule has 0 aliphatic rings. The SMILES string of the molecule is CCCC[C@@H](CC)C(=O)OCCCOC(=O)[C@H](CC)CCCC. The molecule has 0 saturated heterocycles. The Morgan fingerprint density at radius 3 is 1.39 bits per heavy atom. The van der Waals surface area contributed by atoms with Crippen LogP contribution in [-0.4, -0.2) is 25.2 Å². The van der Waals surface area contributed by atoms with E-state index >= 15 is 0 Å². The zero-order chi connectivity index (χ0) is 17.5.